The van der Waals surface area contributed by atoms with Crippen molar-refractivity contribution in [3.8, 4) is 0 Å². The Balaban J connectivity index is 2.77. The molecule has 0 spiro atoms. The summed E-state index contributed by atoms with van der Waals surface area (Å²) in [5.41, 5.74) is 1.01. The largest absolute Gasteiger partial charge is 0.341 e. The van der Waals surface area contributed by atoms with Gasteiger partial charge in [-0.2, -0.15) is 0 Å². The fourth-order valence-electron chi connectivity index (χ4n) is 1.84. The quantitative estimate of drug-likeness (QED) is 0.904. The van der Waals surface area contributed by atoms with Gasteiger partial charge in [0, 0.05) is 25.0 Å². The number of carbonyl (C=O) groups is 2. The molecule has 1 unspecified atom stereocenters. The van der Waals surface area contributed by atoms with Crippen LogP contribution in [0.2, 0.25) is 5.02 Å². The summed E-state index contributed by atoms with van der Waals surface area (Å²) in [6.07, 6.45) is 1.42. The number of likely N-dealkylation sites (N-methyl/N-ethyl adjacent to an activating group) is 1. The van der Waals surface area contributed by atoms with Crippen LogP contribution in [0.1, 0.15) is 36.8 Å². The highest BCUT2D eigenvalue weighted by molar-refractivity contribution is 6.33. The normalized spacial score (nSPS) is 11.8. The molecule has 5 nitrogen and oxygen atoms in total. The smallest absolute Gasteiger partial charge is 0.255 e. The summed E-state index contributed by atoms with van der Waals surface area (Å²) in [7, 11) is 0. The molecule has 0 aliphatic rings. The lowest BCUT2D eigenvalue weighted by molar-refractivity contribution is -0.132. The Bertz CT molecular complexity index is 501. The molecule has 0 aliphatic carbocycles. The molecule has 0 aliphatic heterocycles. The van der Waals surface area contributed by atoms with Crippen molar-refractivity contribution in [3.63, 3.8) is 0 Å². The molecule has 0 saturated heterocycles. The topological polar surface area (TPSA) is 62.3 Å². The Morgan fingerprint density at radius 2 is 2.00 bits per heavy atom. The Morgan fingerprint density at radius 3 is 2.50 bits per heavy atom. The summed E-state index contributed by atoms with van der Waals surface area (Å²) >= 11 is 6.01. The summed E-state index contributed by atoms with van der Waals surface area (Å²) < 4.78 is 0. The van der Waals surface area contributed by atoms with Crippen LogP contribution < -0.4 is 5.32 Å². The number of amides is 2. The van der Waals surface area contributed by atoms with E-state index in [1.54, 1.807) is 24.8 Å². The number of nitrogens with zero attached hydrogens (tertiary/aromatic N) is 2. The van der Waals surface area contributed by atoms with Crippen molar-refractivity contribution in [1.82, 2.24) is 15.2 Å². The third kappa shape index (κ3) is 3.93. The SMILES string of the molecule is CCN(CC)C(=O)C(C)NC(=O)c1cnc(C)cc1Cl. The number of aryl methyl sites for hydroxylation is 1. The molecule has 1 N–H and O–H groups in total. The van der Waals surface area contributed by atoms with Crippen LogP contribution in [0.4, 0.5) is 0 Å². The zero-order valence-corrected chi connectivity index (χ0v) is 13.0. The van der Waals surface area contributed by atoms with Gasteiger partial charge in [0.25, 0.3) is 5.91 Å². The predicted molar refractivity (Wildman–Crippen MR) is 78.8 cm³/mol. The minimum absolute atomic E-state index is 0.112. The van der Waals surface area contributed by atoms with Crippen LogP contribution >= 0.6 is 11.6 Å². The Morgan fingerprint density at radius 1 is 1.40 bits per heavy atom. The highest BCUT2D eigenvalue weighted by atomic mass is 35.5. The second-order valence-corrected chi connectivity index (χ2v) is 4.92. The number of rotatable bonds is 5. The molecule has 6 heteroatoms. The van der Waals surface area contributed by atoms with E-state index in [0.717, 1.165) is 5.69 Å². The summed E-state index contributed by atoms with van der Waals surface area (Å²) in [5, 5.41) is 2.98. The second-order valence-electron chi connectivity index (χ2n) is 4.51. The van der Waals surface area contributed by atoms with Gasteiger partial charge >= 0.3 is 0 Å². The zero-order valence-electron chi connectivity index (χ0n) is 12.2. The lowest BCUT2D eigenvalue weighted by atomic mass is 10.2. The van der Waals surface area contributed by atoms with Crippen molar-refractivity contribution in [2.75, 3.05) is 13.1 Å². The van der Waals surface area contributed by atoms with E-state index in [1.807, 2.05) is 13.8 Å². The summed E-state index contributed by atoms with van der Waals surface area (Å²) in [6.45, 7) is 8.48. The van der Waals surface area contributed by atoms with Gasteiger partial charge in [0.15, 0.2) is 0 Å². The molecular weight excluding hydrogens is 278 g/mol. The third-order valence-electron chi connectivity index (χ3n) is 3.03. The van der Waals surface area contributed by atoms with Crippen molar-refractivity contribution in [3.05, 3.63) is 28.5 Å². The highest BCUT2D eigenvalue weighted by Crippen LogP contribution is 2.15. The lowest BCUT2D eigenvalue weighted by Gasteiger charge is -2.23. The highest BCUT2D eigenvalue weighted by Gasteiger charge is 2.21. The van der Waals surface area contributed by atoms with Crippen LogP contribution in [-0.4, -0.2) is 40.8 Å². The molecule has 1 aromatic heterocycles. The van der Waals surface area contributed by atoms with E-state index < -0.39 is 11.9 Å². The third-order valence-corrected chi connectivity index (χ3v) is 3.34. The first-order valence-corrected chi connectivity index (χ1v) is 7.00. The molecule has 110 valence electrons. The first-order chi connectivity index (χ1) is 9.40. The Kier molecular flexibility index (Phi) is 5.95. The van der Waals surface area contributed by atoms with Gasteiger partial charge in [0.1, 0.15) is 6.04 Å². The monoisotopic (exact) mass is 297 g/mol. The standard InChI is InChI=1S/C14H20ClN3O2/c1-5-18(6-2)14(20)10(4)17-13(19)11-8-16-9(3)7-12(11)15/h7-8,10H,5-6H2,1-4H3,(H,17,19). The van der Waals surface area contributed by atoms with Gasteiger partial charge in [0.05, 0.1) is 10.6 Å². The van der Waals surface area contributed by atoms with Crippen LogP contribution in [0.25, 0.3) is 0 Å². The average molecular weight is 298 g/mol. The predicted octanol–water partition coefficient (Wildman–Crippen LogP) is 2.03. The summed E-state index contributed by atoms with van der Waals surface area (Å²) in [5.74, 6) is -0.505. The number of halogens is 1. The molecular formula is C14H20ClN3O2. The molecule has 20 heavy (non-hydrogen) atoms. The van der Waals surface area contributed by atoms with Crippen LogP contribution in [0, 0.1) is 6.92 Å². The van der Waals surface area contributed by atoms with E-state index >= 15 is 0 Å². The molecule has 0 fully saturated rings. The van der Waals surface area contributed by atoms with Gasteiger partial charge < -0.3 is 10.2 Å². The molecule has 2 amide bonds. The van der Waals surface area contributed by atoms with Gasteiger partial charge in [-0.05, 0) is 33.8 Å². The number of hydrogen-bond acceptors (Lipinski definition) is 3. The van der Waals surface area contributed by atoms with Crippen LogP contribution in [0.15, 0.2) is 12.3 Å². The van der Waals surface area contributed by atoms with Gasteiger partial charge in [-0.25, -0.2) is 0 Å². The van der Waals surface area contributed by atoms with Crippen molar-refractivity contribution in [1.29, 1.82) is 0 Å². The van der Waals surface area contributed by atoms with Crippen molar-refractivity contribution < 1.29 is 9.59 Å². The molecule has 0 aromatic carbocycles. The zero-order chi connectivity index (χ0) is 15.3. The van der Waals surface area contributed by atoms with Crippen LogP contribution in [0.3, 0.4) is 0 Å². The van der Waals surface area contributed by atoms with Gasteiger partial charge in [-0.15, -0.1) is 0 Å². The maximum atomic E-state index is 12.1. The summed E-state index contributed by atoms with van der Waals surface area (Å²) in [4.78, 5) is 29.9. The Labute approximate surface area is 124 Å². The lowest BCUT2D eigenvalue weighted by Crippen LogP contribution is -2.46. The van der Waals surface area contributed by atoms with Gasteiger partial charge in [-0.3, -0.25) is 14.6 Å². The molecule has 0 saturated carbocycles. The first-order valence-electron chi connectivity index (χ1n) is 6.62. The van der Waals surface area contributed by atoms with Crippen LogP contribution in [0.5, 0.6) is 0 Å². The number of aromatic nitrogens is 1. The van der Waals surface area contributed by atoms with Crippen molar-refractivity contribution in [2.24, 2.45) is 0 Å². The number of pyridine rings is 1. The minimum Gasteiger partial charge on any atom is -0.341 e. The first kappa shape index (κ1) is 16.4. The van der Waals surface area contributed by atoms with E-state index in [1.165, 1.54) is 6.20 Å². The second kappa shape index (κ2) is 7.24. The van der Waals surface area contributed by atoms with Gasteiger partial charge in [-0.1, -0.05) is 11.6 Å². The number of hydrogen-bond donors (Lipinski definition) is 1. The number of carbonyl (C=O) groups excluding carboxylic acids is 2. The van der Waals surface area contributed by atoms with Crippen molar-refractivity contribution >= 4 is 23.4 Å². The van der Waals surface area contributed by atoms with E-state index in [0.29, 0.717) is 18.1 Å². The van der Waals surface area contributed by atoms with Crippen LogP contribution in [-0.2, 0) is 4.79 Å². The molecule has 1 aromatic rings. The Hall–Kier alpha value is -1.62. The molecule has 0 radical (unpaired) electrons. The molecule has 1 heterocycles. The molecule has 1 atom stereocenters. The van der Waals surface area contributed by atoms with E-state index in [-0.39, 0.29) is 11.5 Å². The fraction of sp³-hybridized carbons (Fsp3) is 0.500. The van der Waals surface area contributed by atoms with E-state index in [2.05, 4.69) is 10.3 Å². The minimum atomic E-state index is -0.597. The molecule has 0 bridgehead atoms. The van der Waals surface area contributed by atoms with Gasteiger partial charge in [0.2, 0.25) is 5.91 Å². The summed E-state index contributed by atoms with van der Waals surface area (Å²) in [6, 6.07) is 1.02. The van der Waals surface area contributed by atoms with Crippen molar-refractivity contribution in [2.45, 2.75) is 33.7 Å². The molecule has 1 rings (SSSR count). The van der Waals surface area contributed by atoms with E-state index in [9.17, 15) is 9.59 Å². The maximum absolute atomic E-state index is 12.1. The average Bonchev–Trinajstić information content (AvgIpc) is 2.39. The fourth-order valence-corrected chi connectivity index (χ4v) is 2.13. The number of nitrogens with one attached hydrogen (secondary N) is 1. The maximum Gasteiger partial charge on any atom is 0.255 e. The van der Waals surface area contributed by atoms with E-state index in [4.69, 9.17) is 11.6 Å².